The number of hydrogen-bond donors (Lipinski definition) is 2. The maximum atomic E-state index is 13.6. The van der Waals surface area contributed by atoms with Crippen LogP contribution in [0.25, 0.3) is 0 Å². The molecule has 112 valence electrons. The Morgan fingerprint density at radius 3 is 2.65 bits per heavy atom. The Morgan fingerprint density at radius 1 is 1.30 bits per heavy atom. The van der Waals surface area contributed by atoms with Crippen LogP contribution in [0.4, 0.5) is 4.39 Å². The van der Waals surface area contributed by atoms with E-state index in [1.54, 1.807) is 6.07 Å². The van der Waals surface area contributed by atoms with E-state index in [1.165, 1.54) is 18.9 Å². The van der Waals surface area contributed by atoms with E-state index in [2.05, 4.69) is 10.2 Å². The molecule has 1 aromatic rings. The third kappa shape index (κ3) is 3.43. The second-order valence-electron chi connectivity index (χ2n) is 5.66. The predicted molar refractivity (Wildman–Crippen MR) is 79.8 cm³/mol. The van der Waals surface area contributed by atoms with Gasteiger partial charge in [0.05, 0.1) is 0 Å². The number of nitrogens with zero attached hydrogens (tertiary/aromatic N) is 1. The Bertz CT molecular complexity index is 447. The highest BCUT2D eigenvalue weighted by Crippen LogP contribution is 2.42. The van der Waals surface area contributed by atoms with Gasteiger partial charge in [0.15, 0.2) is 11.6 Å². The molecule has 1 saturated carbocycles. The van der Waals surface area contributed by atoms with Crippen LogP contribution in [0.3, 0.4) is 0 Å². The molecular weight excluding hydrogens is 279 g/mol. The van der Waals surface area contributed by atoms with Crippen LogP contribution in [-0.2, 0) is 0 Å². The summed E-state index contributed by atoms with van der Waals surface area (Å²) in [5, 5.41) is 13.4. The first kappa shape index (κ1) is 15.5. The summed E-state index contributed by atoms with van der Waals surface area (Å²) >= 11 is 0. The molecule has 3 rings (SSSR count). The second kappa shape index (κ2) is 6.74. The third-order valence-corrected chi connectivity index (χ3v) is 4.22. The average molecular weight is 301 g/mol. The molecule has 20 heavy (non-hydrogen) atoms. The Labute approximate surface area is 125 Å². The number of para-hydroxylation sites is 1. The van der Waals surface area contributed by atoms with Crippen molar-refractivity contribution in [2.24, 2.45) is 5.92 Å². The van der Waals surface area contributed by atoms with Crippen LogP contribution >= 0.6 is 12.4 Å². The van der Waals surface area contributed by atoms with Gasteiger partial charge in [0.1, 0.15) is 0 Å². The van der Waals surface area contributed by atoms with Gasteiger partial charge in [0.2, 0.25) is 0 Å². The number of phenols is 1. The van der Waals surface area contributed by atoms with E-state index in [-0.39, 0.29) is 24.2 Å². The van der Waals surface area contributed by atoms with Crippen molar-refractivity contribution in [3.05, 3.63) is 29.6 Å². The molecule has 0 amide bonds. The predicted octanol–water partition coefficient (Wildman–Crippen LogP) is 2.70. The Morgan fingerprint density at radius 2 is 2.00 bits per heavy atom. The van der Waals surface area contributed by atoms with E-state index < -0.39 is 5.82 Å². The number of hydrogen-bond acceptors (Lipinski definition) is 3. The lowest BCUT2D eigenvalue weighted by molar-refractivity contribution is 0.157. The summed E-state index contributed by atoms with van der Waals surface area (Å²) in [4.78, 5) is 2.38. The monoisotopic (exact) mass is 300 g/mol. The molecule has 0 unspecified atom stereocenters. The minimum Gasteiger partial charge on any atom is -0.505 e. The molecule has 3 nitrogen and oxygen atoms in total. The lowest BCUT2D eigenvalue weighted by atomic mass is 9.97. The number of benzene rings is 1. The smallest absolute Gasteiger partial charge is 0.165 e. The zero-order valence-electron chi connectivity index (χ0n) is 11.5. The van der Waals surface area contributed by atoms with Crippen molar-refractivity contribution in [3.8, 4) is 5.75 Å². The fraction of sp³-hybridized carbons (Fsp3) is 0.600. The van der Waals surface area contributed by atoms with Crippen molar-refractivity contribution in [2.45, 2.75) is 25.3 Å². The molecule has 0 aromatic heterocycles. The summed E-state index contributed by atoms with van der Waals surface area (Å²) in [7, 11) is 0. The number of piperazine rings is 1. The van der Waals surface area contributed by atoms with E-state index in [4.69, 9.17) is 0 Å². The lowest BCUT2D eigenvalue weighted by Crippen LogP contribution is -2.45. The molecule has 1 saturated heterocycles. The molecular formula is C15H22ClFN2O. The molecule has 2 aliphatic rings. The maximum Gasteiger partial charge on any atom is 0.165 e. The SMILES string of the molecule is Cl.Oc1c(F)cccc1[C@@H](CC1CC1)N1CCNCC1. The molecule has 2 fully saturated rings. The highest BCUT2D eigenvalue weighted by Gasteiger charge is 2.32. The minimum atomic E-state index is -0.506. The molecule has 1 aromatic carbocycles. The largest absolute Gasteiger partial charge is 0.505 e. The van der Waals surface area contributed by atoms with Crippen LogP contribution in [0.2, 0.25) is 0 Å². The van der Waals surface area contributed by atoms with E-state index in [0.717, 1.165) is 44.1 Å². The molecule has 2 N–H and O–H groups in total. The van der Waals surface area contributed by atoms with Gasteiger partial charge in [-0.3, -0.25) is 4.90 Å². The summed E-state index contributed by atoms with van der Waals surface area (Å²) < 4.78 is 13.6. The summed E-state index contributed by atoms with van der Waals surface area (Å²) in [5.74, 6) is 0.0858. The topological polar surface area (TPSA) is 35.5 Å². The number of nitrogens with one attached hydrogen (secondary N) is 1. The van der Waals surface area contributed by atoms with Crippen LogP contribution < -0.4 is 5.32 Å². The van der Waals surface area contributed by atoms with Crippen molar-refractivity contribution in [1.82, 2.24) is 10.2 Å². The number of halogens is 2. The van der Waals surface area contributed by atoms with Crippen molar-refractivity contribution in [3.63, 3.8) is 0 Å². The highest BCUT2D eigenvalue weighted by molar-refractivity contribution is 5.85. The van der Waals surface area contributed by atoms with Gasteiger partial charge in [0, 0.05) is 37.8 Å². The van der Waals surface area contributed by atoms with Crippen molar-refractivity contribution >= 4 is 12.4 Å². The number of aromatic hydroxyl groups is 1. The zero-order valence-corrected chi connectivity index (χ0v) is 12.3. The van der Waals surface area contributed by atoms with Crippen LogP contribution in [0.1, 0.15) is 30.9 Å². The third-order valence-electron chi connectivity index (χ3n) is 4.22. The van der Waals surface area contributed by atoms with E-state index in [0.29, 0.717) is 0 Å². The van der Waals surface area contributed by atoms with E-state index in [1.807, 2.05) is 6.07 Å². The van der Waals surface area contributed by atoms with Gasteiger partial charge in [-0.15, -0.1) is 12.4 Å². The molecule has 1 atom stereocenters. The van der Waals surface area contributed by atoms with Crippen LogP contribution in [0.5, 0.6) is 5.75 Å². The maximum absolute atomic E-state index is 13.6. The Hall–Kier alpha value is -0.840. The van der Waals surface area contributed by atoms with E-state index >= 15 is 0 Å². The normalized spacial score (nSPS) is 21.2. The first-order chi connectivity index (χ1) is 9.25. The second-order valence-corrected chi connectivity index (χ2v) is 5.66. The summed E-state index contributed by atoms with van der Waals surface area (Å²) in [6, 6.07) is 5.05. The standard InChI is InChI=1S/C15H21FN2O.ClH/c16-13-3-1-2-12(15(13)19)14(10-11-4-5-11)18-8-6-17-7-9-18;/h1-3,11,14,17,19H,4-10H2;1H/t14-;/m1./s1. The lowest BCUT2D eigenvalue weighted by Gasteiger charge is -2.35. The van der Waals surface area contributed by atoms with Crippen molar-refractivity contribution in [1.29, 1.82) is 0 Å². The van der Waals surface area contributed by atoms with Crippen LogP contribution in [0, 0.1) is 11.7 Å². The van der Waals surface area contributed by atoms with Gasteiger partial charge in [-0.2, -0.15) is 0 Å². The molecule has 5 heteroatoms. The summed E-state index contributed by atoms with van der Waals surface area (Å²) in [6.45, 7) is 3.87. The van der Waals surface area contributed by atoms with Gasteiger partial charge in [-0.25, -0.2) is 4.39 Å². The van der Waals surface area contributed by atoms with Gasteiger partial charge < -0.3 is 10.4 Å². The van der Waals surface area contributed by atoms with Crippen molar-refractivity contribution < 1.29 is 9.50 Å². The van der Waals surface area contributed by atoms with Crippen molar-refractivity contribution in [2.75, 3.05) is 26.2 Å². The molecule has 0 bridgehead atoms. The van der Waals surface area contributed by atoms with Crippen LogP contribution in [-0.4, -0.2) is 36.2 Å². The molecule has 1 aliphatic carbocycles. The molecule has 0 radical (unpaired) electrons. The quantitative estimate of drug-likeness (QED) is 0.897. The van der Waals surface area contributed by atoms with Gasteiger partial charge in [-0.1, -0.05) is 25.0 Å². The average Bonchev–Trinajstić information content (AvgIpc) is 3.25. The zero-order chi connectivity index (χ0) is 13.2. The fourth-order valence-corrected chi connectivity index (χ4v) is 2.94. The van der Waals surface area contributed by atoms with Gasteiger partial charge in [-0.05, 0) is 18.4 Å². The summed E-state index contributed by atoms with van der Waals surface area (Å²) in [5.41, 5.74) is 0.758. The summed E-state index contributed by atoms with van der Waals surface area (Å²) in [6.07, 6.45) is 3.59. The Balaban J connectivity index is 0.00000147. The molecule has 1 heterocycles. The van der Waals surface area contributed by atoms with E-state index in [9.17, 15) is 9.50 Å². The van der Waals surface area contributed by atoms with Crippen LogP contribution in [0.15, 0.2) is 18.2 Å². The van der Waals surface area contributed by atoms with Gasteiger partial charge >= 0.3 is 0 Å². The van der Waals surface area contributed by atoms with Gasteiger partial charge in [0.25, 0.3) is 0 Å². The number of rotatable bonds is 4. The first-order valence-corrected chi connectivity index (χ1v) is 7.18. The highest BCUT2D eigenvalue weighted by atomic mass is 35.5. The Kier molecular flexibility index (Phi) is 5.24. The minimum absolute atomic E-state index is 0. The number of phenolic OH excluding ortho intramolecular Hbond substituents is 1. The fourth-order valence-electron chi connectivity index (χ4n) is 2.94. The molecule has 0 spiro atoms. The molecule has 1 aliphatic heterocycles. The first-order valence-electron chi connectivity index (χ1n) is 7.18.